The molecule has 15 heavy (non-hydrogen) atoms. The molecular formula is C7H13F3N2O3. The molecule has 4 N–H and O–H groups in total. The molecule has 0 aromatic carbocycles. The number of aliphatic hydroxyl groups is 1. The van der Waals surface area contributed by atoms with Crippen molar-refractivity contribution in [3.63, 3.8) is 0 Å². The van der Waals surface area contributed by atoms with Gasteiger partial charge in [0.15, 0.2) is 0 Å². The van der Waals surface area contributed by atoms with Crippen LogP contribution in [0.4, 0.5) is 18.0 Å². The summed E-state index contributed by atoms with van der Waals surface area (Å²) in [4.78, 5) is 10.1. The second kappa shape index (κ2) is 5.76. The van der Waals surface area contributed by atoms with E-state index in [1.165, 1.54) is 6.92 Å². The Hall–Kier alpha value is -1.02. The van der Waals surface area contributed by atoms with Crippen molar-refractivity contribution < 1.29 is 28.2 Å². The van der Waals surface area contributed by atoms with Crippen molar-refractivity contribution in [2.75, 3.05) is 13.2 Å². The first-order chi connectivity index (χ1) is 6.77. The fourth-order valence-electron chi connectivity index (χ4n) is 0.865. The fourth-order valence-corrected chi connectivity index (χ4v) is 0.865. The summed E-state index contributed by atoms with van der Waals surface area (Å²) in [6, 6.07) is -2.70. The molecule has 0 heterocycles. The van der Waals surface area contributed by atoms with Crippen LogP contribution < -0.4 is 10.6 Å². The van der Waals surface area contributed by atoms with E-state index in [4.69, 9.17) is 10.2 Å². The molecule has 0 bridgehead atoms. The molecule has 5 nitrogen and oxygen atoms in total. The van der Waals surface area contributed by atoms with Gasteiger partial charge in [0.1, 0.15) is 6.04 Å². The van der Waals surface area contributed by atoms with Gasteiger partial charge in [0.2, 0.25) is 0 Å². The maximum atomic E-state index is 12.1. The molecule has 0 aliphatic heterocycles. The zero-order valence-electron chi connectivity index (χ0n) is 8.01. The van der Waals surface area contributed by atoms with Crippen LogP contribution in [-0.4, -0.2) is 47.7 Å². The van der Waals surface area contributed by atoms with Gasteiger partial charge in [-0.15, -0.1) is 0 Å². The van der Waals surface area contributed by atoms with Crippen LogP contribution in [0.25, 0.3) is 0 Å². The van der Waals surface area contributed by atoms with Crippen molar-refractivity contribution >= 4 is 6.09 Å². The number of nitrogens with one attached hydrogen (secondary N) is 2. The predicted octanol–water partition coefficient (Wildman–Crippen LogP) is 0.155. The van der Waals surface area contributed by atoms with Crippen molar-refractivity contribution in [2.45, 2.75) is 25.2 Å². The third kappa shape index (κ3) is 6.13. The minimum Gasteiger partial charge on any atom is -0.465 e. The maximum Gasteiger partial charge on any atom is 0.406 e. The van der Waals surface area contributed by atoms with Crippen LogP contribution in [0.2, 0.25) is 0 Å². The summed E-state index contributed by atoms with van der Waals surface area (Å²) in [7, 11) is 0. The highest BCUT2D eigenvalue weighted by molar-refractivity contribution is 5.64. The molecule has 90 valence electrons. The molecule has 0 radical (unpaired) electrons. The average Bonchev–Trinajstić information content (AvgIpc) is 2.01. The highest BCUT2D eigenvalue weighted by Gasteiger charge is 2.38. The standard InChI is InChI=1S/C7H13F3N2O3/c1-4(12-6(14)15)2-11-5(3-13)7(8,9)10/h4-5,11-13H,2-3H2,1H3,(H,14,15)/t4-,5?/m0/s1. The summed E-state index contributed by atoms with van der Waals surface area (Å²) in [6.45, 7) is 0.117. The topological polar surface area (TPSA) is 81.6 Å². The fraction of sp³-hybridized carbons (Fsp3) is 0.857. The van der Waals surface area contributed by atoms with Crippen LogP contribution in [-0.2, 0) is 0 Å². The van der Waals surface area contributed by atoms with Gasteiger partial charge in [-0.2, -0.15) is 13.2 Å². The Bertz CT molecular complexity index is 210. The molecule has 1 unspecified atom stereocenters. The molecule has 0 aromatic heterocycles. The average molecular weight is 230 g/mol. The van der Waals surface area contributed by atoms with E-state index < -0.39 is 31.0 Å². The van der Waals surface area contributed by atoms with Crippen molar-refractivity contribution in [3.05, 3.63) is 0 Å². The van der Waals surface area contributed by atoms with Gasteiger partial charge in [0, 0.05) is 12.6 Å². The van der Waals surface area contributed by atoms with Gasteiger partial charge < -0.3 is 20.8 Å². The lowest BCUT2D eigenvalue weighted by Crippen LogP contribution is -2.50. The number of hydrogen-bond donors (Lipinski definition) is 4. The van der Waals surface area contributed by atoms with Gasteiger partial charge in [-0.3, -0.25) is 0 Å². The molecule has 0 fully saturated rings. The summed E-state index contributed by atoms with van der Waals surface area (Å²) >= 11 is 0. The van der Waals surface area contributed by atoms with Crippen molar-refractivity contribution in [1.82, 2.24) is 10.6 Å². The van der Waals surface area contributed by atoms with E-state index in [2.05, 4.69) is 0 Å². The van der Waals surface area contributed by atoms with Gasteiger partial charge in [-0.25, -0.2) is 4.79 Å². The number of halogens is 3. The van der Waals surface area contributed by atoms with Crippen LogP contribution in [0.3, 0.4) is 0 Å². The smallest absolute Gasteiger partial charge is 0.406 e. The zero-order valence-corrected chi connectivity index (χ0v) is 8.01. The summed E-state index contributed by atoms with van der Waals surface area (Å²) in [5, 5.41) is 20.7. The van der Waals surface area contributed by atoms with Gasteiger partial charge in [-0.1, -0.05) is 0 Å². The maximum absolute atomic E-state index is 12.1. The normalized spacial score (nSPS) is 15.8. The largest absolute Gasteiger partial charge is 0.465 e. The Kier molecular flexibility index (Phi) is 5.37. The quantitative estimate of drug-likeness (QED) is 0.542. The highest BCUT2D eigenvalue weighted by atomic mass is 19.4. The van der Waals surface area contributed by atoms with Crippen LogP contribution >= 0.6 is 0 Å². The van der Waals surface area contributed by atoms with Gasteiger partial charge in [0.25, 0.3) is 0 Å². The molecule has 1 amide bonds. The minimum atomic E-state index is -4.54. The molecule has 0 saturated heterocycles. The van der Waals surface area contributed by atoms with E-state index in [-0.39, 0.29) is 6.54 Å². The number of rotatable bonds is 5. The monoisotopic (exact) mass is 230 g/mol. The first kappa shape index (κ1) is 14.0. The Labute approximate surface area is 84.3 Å². The first-order valence-electron chi connectivity index (χ1n) is 4.17. The number of carbonyl (C=O) groups is 1. The molecular weight excluding hydrogens is 217 g/mol. The summed E-state index contributed by atoms with van der Waals surface area (Å²) in [6.07, 6.45) is -5.85. The Morgan fingerprint density at radius 1 is 1.47 bits per heavy atom. The van der Waals surface area contributed by atoms with Gasteiger partial charge in [0.05, 0.1) is 6.61 Å². The molecule has 2 atom stereocenters. The molecule has 0 aliphatic rings. The summed E-state index contributed by atoms with van der Waals surface area (Å²) < 4.78 is 36.2. The second-order valence-corrected chi connectivity index (χ2v) is 3.04. The number of hydrogen-bond acceptors (Lipinski definition) is 3. The third-order valence-electron chi connectivity index (χ3n) is 1.62. The van der Waals surface area contributed by atoms with E-state index >= 15 is 0 Å². The van der Waals surface area contributed by atoms with Gasteiger partial charge in [-0.05, 0) is 6.92 Å². The second-order valence-electron chi connectivity index (χ2n) is 3.04. The van der Waals surface area contributed by atoms with Crippen LogP contribution in [0.5, 0.6) is 0 Å². The number of alkyl halides is 3. The number of aliphatic hydroxyl groups excluding tert-OH is 1. The Morgan fingerprint density at radius 2 is 2.00 bits per heavy atom. The minimum absolute atomic E-state index is 0.211. The lowest BCUT2D eigenvalue weighted by molar-refractivity contribution is -0.163. The van der Waals surface area contributed by atoms with Crippen molar-refractivity contribution in [3.8, 4) is 0 Å². The third-order valence-corrected chi connectivity index (χ3v) is 1.62. The van der Waals surface area contributed by atoms with E-state index in [1.54, 1.807) is 0 Å². The lowest BCUT2D eigenvalue weighted by Gasteiger charge is -2.21. The molecule has 0 rings (SSSR count). The molecule has 8 heteroatoms. The molecule has 0 spiro atoms. The SMILES string of the molecule is C[C@@H](CNC(CO)C(F)(F)F)NC(=O)O. The number of carboxylic acid groups (broad SMARTS) is 1. The highest BCUT2D eigenvalue weighted by Crippen LogP contribution is 2.19. The number of amides is 1. The first-order valence-corrected chi connectivity index (χ1v) is 4.17. The van der Waals surface area contributed by atoms with Crippen LogP contribution in [0, 0.1) is 0 Å². The molecule has 0 aromatic rings. The zero-order chi connectivity index (χ0) is 12.1. The Balaban J connectivity index is 3.96. The van der Waals surface area contributed by atoms with E-state index in [9.17, 15) is 18.0 Å². The lowest BCUT2D eigenvalue weighted by atomic mass is 10.2. The van der Waals surface area contributed by atoms with E-state index in [0.29, 0.717) is 0 Å². The predicted molar refractivity (Wildman–Crippen MR) is 45.6 cm³/mol. The Morgan fingerprint density at radius 3 is 2.33 bits per heavy atom. The van der Waals surface area contributed by atoms with Crippen LogP contribution in [0.15, 0.2) is 0 Å². The summed E-state index contributed by atoms with van der Waals surface area (Å²) in [5.41, 5.74) is 0. The van der Waals surface area contributed by atoms with Crippen LogP contribution in [0.1, 0.15) is 6.92 Å². The van der Waals surface area contributed by atoms with E-state index in [0.717, 1.165) is 0 Å². The van der Waals surface area contributed by atoms with E-state index in [1.807, 2.05) is 10.6 Å². The molecule has 0 saturated carbocycles. The van der Waals surface area contributed by atoms with Crippen molar-refractivity contribution in [2.24, 2.45) is 0 Å². The van der Waals surface area contributed by atoms with Gasteiger partial charge >= 0.3 is 12.3 Å². The summed E-state index contributed by atoms with van der Waals surface area (Å²) in [5.74, 6) is 0. The van der Waals surface area contributed by atoms with Crippen molar-refractivity contribution in [1.29, 1.82) is 0 Å². The molecule has 0 aliphatic carbocycles.